The van der Waals surface area contributed by atoms with Gasteiger partial charge in [-0.25, -0.2) is 9.97 Å². The maximum absolute atomic E-state index is 11.9. The van der Waals surface area contributed by atoms with Crippen molar-refractivity contribution in [2.24, 2.45) is 7.05 Å². The maximum Gasteiger partial charge on any atom is 0.161 e. The van der Waals surface area contributed by atoms with Crippen LogP contribution in [-0.4, -0.2) is 19.6 Å². The van der Waals surface area contributed by atoms with Crippen LogP contribution >= 0.6 is 0 Å². The van der Waals surface area contributed by atoms with Crippen LogP contribution in [0.1, 0.15) is 52.7 Å². The van der Waals surface area contributed by atoms with E-state index < -0.39 is 0 Å². The van der Waals surface area contributed by atoms with Gasteiger partial charge in [-0.2, -0.15) is 0 Å². The van der Waals surface area contributed by atoms with Crippen molar-refractivity contribution in [2.75, 3.05) is 4.90 Å². The first-order chi connectivity index (χ1) is 27.4. The Morgan fingerprint density at radius 3 is 1.93 bits per heavy atom. The molecule has 0 bridgehead atoms. The Hall–Kier alpha value is -6.66. The highest BCUT2D eigenvalue weighted by atomic mass is 16.3. The van der Waals surface area contributed by atoms with Gasteiger partial charge < -0.3 is 19.0 Å². The molecule has 0 aliphatic rings. The first kappa shape index (κ1) is 36.0. The van der Waals surface area contributed by atoms with Crippen LogP contribution in [0, 0.1) is 0 Å². The number of hydrogen-bond acceptors (Lipinski definition) is 5. The van der Waals surface area contributed by atoms with Crippen LogP contribution in [-0.2, 0) is 17.9 Å². The molecule has 0 saturated carbocycles. The minimum absolute atomic E-state index is 0.127. The zero-order chi connectivity index (χ0) is 39.6. The zero-order valence-electron chi connectivity index (χ0n) is 33.5. The van der Waals surface area contributed by atoms with Gasteiger partial charge in [-0.3, -0.25) is 0 Å². The average molecular weight is 747 g/mol. The molecule has 0 amide bonds. The standard InChI is InChI=1S/C51H46N4O2/c1-50(2,3)33-29-40(47(56)41(30-33)51(4,5)6)49-53-46-38(25-17-26-43(46)54(49)7)42-31-39-37-24-14-15-27-44(37)57-48(39)45(52-42)32-18-16-23-36(28-32)55(34-19-10-8-11-20-34)35-21-12-9-13-22-35/h8-31,56H,1-7H3. The van der Waals surface area contributed by atoms with Crippen molar-refractivity contribution in [1.82, 2.24) is 14.5 Å². The molecule has 0 aliphatic heterocycles. The summed E-state index contributed by atoms with van der Waals surface area (Å²) >= 11 is 0. The number of anilines is 3. The predicted molar refractivity (Wildman–Crippen MR) is 236 cm³/mol. The SMILES string of the molecule is Cn1c(-c2cc(C(C)(C)C)cc(C(C)(C)C)c2O)nc2c(-c3cc4c(oc5ccccc54)c(-c4cccc(N(c5ccccc5)c5ccccc5)c4)n3)cccc21. The van der Waals surface area contributed by atoms with Crippen LogP contribution in [0.5, 0.6) is 5.75 Å². The van der Waals surface area contributed by atoms with Crippen molar-refractivity contribution in [3.8, 4) is 39.7 Å². The third-order valence-corrected chi connectivity index (χ3v) is 11.0. The third-order valence-electron chi connectivity index (χ3n) is 11.0. The molecule has 3 heterocycles. The Morgan fingerprint density at radius 2 is 1.25 bits per heavy atom. The molecular weight excluding hydrogens is 701 g/mol. The van der Waals surface area contributed by atoms with E-state index in [9.17, 15) is 5.11 Å². The van der Waals surface area contributed by atoms with Gasteiger partial charge in [0.2, 0.25) is 0 Å². The number of aryl methyl sites for hydroxylation is 1. The smallest absolute Gasteiger partial charge is 0.161 e. The lowest BCUT2D eigenvalue weighted by molar-refractivity contribution is 0.446. The normalized spacial score (nSPS) is 12.2. The molecule has 1 N–H and O–H groups in total. The van der Waals surface area contributed by atoms with E-state index in [0.717, 1.165) is 89.2 Å². The predicted octanol–water partition coefficient (Wildman–Crippen LogP) is 13.6. The van der Waals surface area contributed by atoms with Crippen molar-refractivity contribution in [3.05, 3.63) is 157 Å². The quantitative estimate of drug-likeness (QED) is 0.183. The highest BCUT2D eigenvalue weighted by Gasteiger charge is 2.28. The molecular formula is C51H46N4O2. The van der Waals surface area contributed by atoms with Crippen molar-refractivity contribution >= 4 is 50.0 Å². The lowest BCUT2D eigenvalue weighted by Gasteiger charge is -2.27. The van der Waals surface area contributed by atoms with Gasteiger partial charge in [0.25, 0.3) is 0 Å². The number of pyridine rings is 1. The van der Waals surface area contributed by atoms with Gasteiger partial charge in [-0.05, 0) is 77.1 Å². The number of rotatable bonds is 6. The van der Waals surface area contributed by atoms with Crippen LogP contribution in [0.25, 0.3) is 66.9 Å². The van der Waals surface area contributed by atoms with Gasteiger partial charge in [0.15, 0.2) is 5.58 Å². The minimum Gasteiger partial charge on any atom is -0.507 e. The summed E-state index contributed by atoms with van der Waals surface area (Å²) in [6.07, 6.45) is 0. The fourth-order valence-corrected chi connectivity index (χ4v) is 7.92. The Bertz CT molecular complexity index is 2910. The number of phenols is 1. The molecule has 9 aromatic rings. The summed E-state index contributed by atoms with van der Waals surface area (Å²) in [4.78, 5) is 13.0. The van der Waals surface area contributed by atoms with E-state index in [1.54, 1.807) is 0 Å². The second kappa shape index (κ2) is 13.5. The van der Waals surface area contributed by atoms with E-state index in [1.165, 1.54) is 0 Å². The Morgan fingerprint density at radius 1 is 0.596 bits per heavy atom. The summed E-state index contributed by atoms with van der Waals surface area (Å²) in [5.41, 5.74) is 12.2. The zero-order valence-corrected chi connectivity index (χ0v) is 33.5. The number of benzene rings is 6. The number of hydrogen-bond donors (Lipinski definition) is 1. The van der Waals surface area contributed by atoms with E-state index >= 15 is 0 Å². The minimum atomic E-state index is -0.268. The van der Waals surface area contributed by atoms with Crippen molar-refractivity contribution < 1.29 is 9.52 Å². The van der Waals surface area contributed by atoms with Crippen LogP contribution in [0.2, 0.25) is 0 Å². The van der Waals surface area contributed by atoms with Crippen molar-refractivity contribution in [2.45, 2.75) is 52.4 Å². The number of aromatic nitrogens is 3. The molecule has 6 heteroatoms. The van der Waals surface area contributed by atoms with Gasteiger partial charge >= 0.3 is 0 Å². The molecule has 0 aliphatic carbocycles. The number of fused-ring (bicyclic) bond motifs is 4. The molecule has 0 atom stereocenters. The molecule has 3 aromatic heterocycles. The maximum atomic E-state index is 11.9. The Kier molecular flexibility index (Phi) is 8.54. The van der Waals surface area contributed by atoms with Crippen LogP contribution < -0.4 is 4.90 Å². The molecule has 9 rings (SSSR count). The summed E-state index contributed by atoms with van der Waals surface area (Å²) in [5, 5.41) is 13.9. The molecule has 0 fully saturated rings. The molecule has 57 heavy (non-hydrogen) atoms. The van der Waals surface area contributed by atoms with E-state index in [2.05, 4.69) is 166 Å². The van der Waals surface area contributed by atoms with Crippen LogP contribution in [0.4, 0.5) is 17.1 Å². The lowest BCUT2D eigenvalue weighted by Crippen LogP contribution is -2.17. The van der Waals surface area contributed by atoms with Crippen LogP contribution in [0.3, 0.4) is 0 Å². The fraction of sp³-hybridized carbons (Fsp3) is 0.176. The average Bonchev–Trinajstić information content (AvgIpc) is 3.75. The summed E-state index contributed by atoms with van der Waals surface area (Å²) in [7, 11) is 2.02. The highest BCUT2D eigenvalue weighted by molar-refractivity contribution is 6.11. The largest absolute Gasteiger partial charge is 0.507 e. The topological polar surface area (TPSA) is 67.3 Å². The Balaban J connectivity index is 1.26. The van der Waals surface area contributed by atoms with Gasteiger partial charge in [0.1, 0.15) is 22.9 Å². The first-order valence-electron chi connectivity index (χ1n) is 19.5. The Labute approximate surface area is 333 Å². The molecule has 0 radical (unpaired) electrons. The molecule has 282 valence electrons. The van der Waals surface area contributed by atoms with Crippen molar-refractivity contribution in [3.63, 3.8) is 0 Å². The third kappa shape index (κ3) is 6.31. The fourth-order valence-electron chi connectivity index (χ4n) is 7.92. The van der Waals surface area contributed by atoms with E-state index in [4.69, 9.17) is 14.4 Å². The number of furan rings is 1. The summed E-state index contributed by atoms with van der Waals surface area (Å²) in [6, 6.07) is 50.1. The molecule has 0 saturated heterocycles. The van der Waals surface area contributed by atoms with Gasteiger partial charge in [0.05, 0.1) is 22.3 Å². The number of aromatic hydroxyl groups is 1. The van der Waals surface area contributed by atoms with E-state index in [-0.39, 0.29) is 16.6 Å². The number of para-hydroxylation sites is 4. The lowest BCUT2D eigenvalue weighted by atomic mass is 9.79. The van der Waals surface area contributed by atoms with Crippen LogP contribution in [0.15, 0.2) is 150 Å². The second-order valence-electron chi connectivity index (χ2n) is 17.0. The summed E-state index contributed by atoms with van der Waals surface area (Å²) < 4.78 is 8.72. The number of imidazole rings is 1. The summed E-state index contributed by atoms with van der Waals surface area (Å²) in [5.74, 6) is 0.971. The summed E-state index contributed by atoms with van der Waals surface area (Å²) in [6.45, 7) is 13.0. The molecule has 0 spiro atoms. The van der Waals surface area contributed by atoms with Gasteiger partial charge in [0, 0.05) is 51.6 Å². The number of nitrogens with zero attached hydrogens (tertiary/aromatic N) is 4. The number of phenolic OH excluding ortho intramolecular Hbond substituents is 1. The highest BCUT2D eigenvalue weighted by Crippen LogP contribution is 2.45. The molecule has 0 unspecified atom stereocenters. The van der Waals surface area contributed by atoms with E-state index in [1.807, 2.05) is 37.4 Å². The second-order valence-corrected chi connectivity index (χ2v) is 17.0. The van der Waals surface area contributed by atoms with Gasteiger partial charge in [-0.1, -0.05) is 126 Å². The molecule has 6 aromatic carbocycles. The first-order valence-corrected chi connectivity index (χ1v) is 19.5. The monoisotopic (exact) mass is 746 g/mol. The van der Waals surface area contributed by atoms with Gasteiger partial charge in [-0.15, -0.1) is 0 Å². The van der Waals surface area contributed by atoms with E-state index in [0.29, 0.717) is 5.82 Å². The molecule has 6 nitrogen and oxygen atoms in total. The van der Waals surface area contributed by atoms with Crippen molar-refractivity contribution in [1.29, 1.82) is 0 Å².